The summed E-state index contributed by atoms with van der Waals surface area (Å²) < 4.78 is 19.4. The number of rotatable bonds is 8. The molecule has 23 heavy (non-hydrogen) atoms. The number of hydrogen-bond acceptors (Lipinski definition) is 3. The molecule has 2 aromatic carbocycles. The fourth-order valence-corrected chi connectivity index (χ4v) is 2.24. The van der Waals surface area contributed by atoms with Crippen LogP contribution in [0.3, 0.4) is 0 Å². The highest BCUT2D eigenvalue weighted by Gasteiger charge is 2.13. The normalized spacial score (nSPS) is 11.9. The lowest BCUT2D eigenvalue weighted by Gasteiger charge is -2.16. The minimum Gasteiger partial charge on any atom is -0.488 e. The highest BCUT2D eigenvalue weighted by atomic mass is 19.1. The van der Waals surface area contributed by atoms with Crippen molar-refractivity contribution in [3.8, 4) is 5.75 Å². The molecular weight excluding hydrogens is 295 g/mol. The van der Waals surface area contributed by atoms with Crippen LogP contribution in [0.25, 0.3) is 0 Å². The molecule has 4 nitrogen and oxygen atoms in total. The van der Waals surface area contributed by atoms with E-state index in [4.69, 9.17) is 10.5 Å². The number of carbonyl (C=O) groups is 1. The molecule has 122 valence electrons. The molecular formula is C18H21FN2O2. The predicted octanol–water partition coefficient (Wildman–Crippen LogP) is 2.76. The summed E-state index contributed by atoms with van der Waals surface area (Å²) in [7, 11) is 0. The molecule has 0 saturated carbocycles. The Bertz CT molecular complexity index is 661. The van der Waals surface area contributed by atoms with E-state index in [1.807, 2.05) is 31.2 Å². The van der Waals surface area contributed by atoms with Gasteiger partial charge in [0.2, 0.25) is 5.91 Å². The van der Waals surface area contributed by atoms with Gasteiger partial charge in [0.25, 0.3) is 0 Å². The third-order valence-electron chi connectivity index (χ3n) is 3.60. The minimum absolute atomic E-state index is 0.150. The average molecular weight is 316 g/mol. The van der Waals surface area contributed by atoms with E-state index in [2.05, 4.69) is 5.32 Å². The monoisotopic (exact) mass is 316 g/mol. The Morgan fingerprint density at radius 1 is 1.17 bits per heavy atom. The largest absolute Gasteiger partial charge is 0.488 e. The number of para-hydroxylation sites is 1. The van der Waals surface area contributed by atoms with Crippen LogP contribution in [0, 0.1) is 5.82 Å². The molecule has 0 heterocycles. The van der Waals surface area contributed by atoms with Gasteiger partial charge in [-0.25, -0.2) is 4.39 Å². The molecule has 3 N–H and O–H groups in total. The van der Waals surface area contributed by atoms with E-state index in [1.165, 1.54) is 6.07 Å². The fourth-order valence-electron chi connectivity index (χ4n) is 2.24. The van der Waals surface area contributed by atoms with Gasteiger partial charge < -0.3 is 15.8 Å². The molecule has 5 heteroatoms. The summed E-state index contributed by atoms with van der Waals surface area (Å²) in [6.45, 7) is 2.49. The predicted molar refractivity (Wildman–Crippen MR) is 87.3 cm³/mol. The van der Waals surface area contributed by atoms with E-state index < -0.39 is 0 Å². The molecule has 0 fully saturated rings. The standard InChI is InChI=1S/C18H21FN2O2/c1-2-16(18(20)22)21-11-13-7-4-6-10-17(13)23-12-14-8-3-5-9-15(14)19/h3-10,16,21H,2,11-12H2,1H3,(H2,20,22)/t16-/m0/s1. The maximum Gasteiger partial charge on any atom is 0.234 e. The molecule has 0 aliphatic carbocycles. The van der Waals surface area contributed by atoms with Gasteiger partial charge in [0.15, 0.2) is 0 Å². The van der Waals surface area contributed by atoms with Gasteiger partial charge in [-0.3, -0.25) is 4.79 Å². The molecule has 1 amide bonds. The molecule has 0 radical (unpaired) electrons. The molecule has 2 aromatic rings. The van der Waals surface area contributed by atoms with E-state index in [-0.39, 0.29) is 24.4 Å². The molecule has 1 atom stereocenters. The van der Waals surface area contributed by atoms with Crippen LogP contribution in [-0.4, -0.2) is 11.9 Å². The van der Waals surface area contributed by atoms with Crippen molar-refractivity contribution >= 4 is 5.91 Å². The summed E-state index contributed by atoms with van der Waals surface area (Å²) in [5, 5.41) is 3.11. The third-order valence-corrected chi connectivity index (χ3v) is 3.60. The maximum atomic E-state index is 13.6. The summed E-state index contributed by atoms with van der Waals surface area (Å²) in [5.41, 5.74) is 6.72. The van der Waals surface area contributed by atoms with Gasteiger partial charge in [0.05, 0.1) is 6.04 Å². The summed E-state index contributed by atoms with van der Waals surface area (Å²) >= 11 is 0. The number of ether oxygens (including phenoxy) is 1. The van der Waals surface area contributed by atoms with Gasteiger partial charge in [0.1, 0.15) is 18.2 Å². The van der Waals surface area contributed by atoms with Crippen LogP contribution in [0.5, 0.6) is 5.75 Å². The van der Waals surface area contributed by atoms with Crippen LogP contribution < -0.4 is 15.8 Å². The van der Waals surface area contributed by atoms with Gasteiger partial charge >= 0.3 is 0 Å². The SMILES string of the molecule is CC[C@H](NCc1ccccc1OCc1ccccc1F)C(N)=O. The number of nitrogens with two attached hydrogens (primary N) is 1. The Hall–Kier alpha value is -2.40. The number of halogens is 1. The summed E-state index contributed by atoms with van der Waals surface area (Å²) in [5.74, 6) is -0.0114. The van der Waals surface area contributed by atoms with E-state index >= 15 is 0 Å². The van der Waals surface area contributed by atoms with Crippen molar-refractivity contribution < 1.29 is 13.9 Å². The van der Waals surface area contributed by atoms with Crippen molar-refractivity contribution in [2.75, 3.05) is 0 Å². The zero-order valence-electron chi connectivity index (χ0n) is 13.1. The van der Waals surface area contributed by atoms with Crippen molar-refractivity contribution in [1.29, 1.82) is 0 Å². The molecule has 0 saturated heterocycles. The molecule has 0 aliphatic heterocycles. The van der Waals surface area contributed by atoms with E-state index in [0.717, 1.165) is 5.56 Å². The third kappa shape index (κ3) is 4.79. The van der Waals surface area contributed by atoms with Gasteiger partial charge in [0, 0.05) is 17.7 Å². The van der Waals surface area contributed by atoms with Crippen molar-refractivity contribution in [2.45, 2.75) is 32.5 Å². The highest BCUT2D eigenvalue weighted by molar-refractivity contribution is 5.79. The van der Waals surface area contributed by atoms with Gasteiger partial charge in [-0.05, 0) is 18.6 Å². The van der Waals surface area contributed by atoms with Gasteiger partial charge in [-0.2, -0.15) is 0 Å². The van der Waals surface area contributed by atoms with Crippen molar-refractivity contribution in [3.05, 3.63) is 65.5 Å². The Morgan fingerprint density at radius 3 is 2.48 bits per heavy atom. The van der Waals surface area contributed by atoms with Crippen molar-refractivity contribution in [1.82, 2.24) is 5.32 Å². The second-order valence-electron chi connectivity index (χ2n) is 5.23. The average Bonchev–Trinajstić information content (AvgIpc) is 2.55. The Morgan fingerprint density at radius 2 is 1.83 bits per heavy atom. The summed E-state index contributed by atoms with van der Waals surface area (Å²) in [6.07, 6.45) is 0.619. The maximum absolute atomic E-state index is 13.6. The minimum atomic E-state index is -0.380. The molecule has 0 bridgehead atoms. The number of amides is 1. The smallest absolute Gasteiger partial charge is 0.234 e. The fraction of sp³-hybridized carbons (Fsp3) is 0.278. The topological polar surface area (TPSA) is 64.3 Å². The van der Waals surface area contributed by atoms with Gasteiger partial charge in [-0.1, -0.05) is 43.3 Å². The van der Waals surface area contributed by atoms with Crippen LogP contribution >= 0.6 is 0 Å². The van der Waals surface area contributed by atoms with Crippen LogP contribution in [0.1, 0.15) is 24.5 Å². The first-order valence-corrected chi connectivity index (χ1v) is 7.58. The van der Waals surface area contributed by atoms with E-state index in [0.29, 0.717) is 24.3 Å². The van der Waals surface area contributed by atoms with Crippen molar-refractivity contribution in [2.24, 2.45) is 5.73 Å². The first-order chi connectivity index (χ1) is 11.1. The quantitative estimate of drug-likeness (QED) is 0.787. The summed E-state index contributed by atoms with van der Waals surface area (Å²) in [4.78, 5) is 11.3. The molecule has 0 spiro atoms. The van der Waals surface area contributed by atoms with E-state index in [9.17, 15) is 9.18 Å². The zero-order valence-corrected chi connectivity index (χ0v) is 13.1. The number of hydrogen-bond donors (Lipinski definition) is 2. The molecule has 0 aromatic heterocycles. The lowest BCUT2D eigenvalue weighted by molar-refractivity contribution is -0.120. The Kier molecular flexibility index (Phi) is 6.11. The lowest BCUT2D eigenvalue weighted by Crippen LogP contribution is -2.40. The Labute approximate surface area is 135 Å². The first kappa shape index (κ1) is 17.0. The molecule has 2 rings (SSSR count). The van der Waals surface area contributed by atoms with Crippen LogP contribution in [0.4, 0.5) is 4.39 Å². The van der Waals surface area contributed by atoms with E-state index in [1.54, 1.807) is 18.2 Å². The van der Waals surface area contributed by atoms with Crippen molar-refractivity contribution in [3.63, 3.8) is 0 Å². The van der Waals surface area contributed by atoms with Crippen LogP contribution in [-0.2, 0) is 17.9 Å². The van der Waals surface area contributed by atoms with Crippen LogP contribution in [0.15, 0.2) is 48.5 Å². The number of nitrogens with one attached hydrogen (secondary N) is 1. The summed E-state index contributed by atoms with van der Waals surface area (Å²) in [6, 6.07) is 13.6. The number of benzene rings is 2. The lowest BCUT2D eigenvalue weighted by atomic mass is 10.1. The first-order valence-electron chi connectivity index (χ1n) is 7.58. The zero-order chi connectivity index (χ0) is 16.7. The highest BCUT2D eigenvalue weighted by Crippen LogP contribution is 2.20. The molecule has 0 unspecified atom stereocenters. The number of carbonyl (C=O) groups excluding carboxylic acids is 1. The van der Waals surface area contributed by atoms with Crippen LogP contribution in [0.2, 0.25) is 0 Å². The second kappa shape index (κ2) is 8.29. The second-order valence-corrected chi connectivity index (χ2v) is 5.23. The Balaban J connectivity index is 2.03. The number of primary amides is 1. The van der Waals surface area contributed by atoms with Gasteiger partial charge in [-0.15, -0.1) is 0 Å². The molecule has 0 aliphatic rings.